The minimum atomic E-state index is 0.289. The third kappa shape index (κ3) is 1.64. The Morgan fingerprint density at radius 2 is 1.85 bits per heavy atom. The molecule has 2 aliphatic rings. The minimum absolute atomic E-state index is 0.289. The molecule has 0 radical (unpaired) electrons. The molecule has 1 saturated heterocycles. The highest BCUT2D eigenvalue weighted by Gasteiger charge is 2.33. The summed E-state index contributed by atoms with van der Waals surface area (Å²) in [6.07, 6.45) is 7.89. The minimum Gasteiger partial charge on any atom is -0.370 e. The second-order valence-corrected chi connectivity index (χ2v) is 4.33. The standard InChI is InChI=1S/C10H19N3/c11-10(12)13-7-3-5-8-4-1-2-6-9(8)13/h8-9H,1-7H2,(H3,11,12)/t8-,9-/m1/s1. The number of fused-ring (bicyclic) bond motifs is 1. The molecule has 0 unspecified atom stereocenters. The van der Waals surface area contributed by atoms with Crippen molar-refractivity contribution >= 4 is 5.96 Å². The Hall–Kier alpha value is -0.730. The maximum Gasteiger partial charge on any atom is 0.188 e. The van der Waals surface area contributed by atoms with Gasteiger partial charge in [-0.1, -0.05) is 12.8 Å². The van der Waals surface area contributed by atoms with Crippen molar-refractivity contribution < 1.29 is 0 Å². The topological polar surface area (TPSA) is 53.1 Å². The third-order valence-electron chi connectivity index (χ3n) is 3.55. The molecule has 2 rings (SSSR count). The van der Waals surface area contributed by atoms with E-state index in [9.17, 15) is 0 Å². The number of hydrogen-bond donors (Lipinski definition) is 2. The average Bonchev–Trinajstić information content (AvgIpc) is 2.17. The van der Waals surface area contributed by atoms with Crippen molar-refractivity contribution in [3.05, 3.63) is 0 Å². The lowest BCUT2D eigenvalue weighted by Crippen LogP contribution is -2.51. The fourth-order valence-electron chi connectivity index (χ4n) is 2.92. The zero-order valence-corrected chi connectivity index (χ0v) is 8.13. The monoisotopic (exact) mass is 181 g/mol. The van der Waals surface area contributed by atoms with Crippen molar-refractivity contribution in [1.82, 2.24) is 4.90 Å². The summed E-state index contributed by atoms with van der Waals surface area (Å²) in [6, 6.07) is 0.597. The van der Waals surface area contributed by atoms with Crippen LogP contribution < -0.4 is 5.73 Å². The number of likely N-dealkylation sites (tertiary alicyclic amines) is 1. The summed E-state index contributed by atoms with van der Waals surface area (Å²) in [6.45, 7) is 1.01. The van der Waals surface area contributed by atoms with Gasteiger partial charge in [-0.05, 0) is 31.6 Å². The lowest BCUT2D eigenvalue weighted by Gasteiger charge is -2.44. The lowest BCUT2D eigenvalue weighted by atomic mass is 9.78. The van der Waals surface area contributed by atoms with Crippen molar-refractivity contribution in [1.29, 1.82) is 5.41 Å². The first-order chi connectivity index (χ1) is 6.29. The Morgan fingerprint density at radius 1 is 1.15 bits per heavy atom. The van der Waals surface area contributed by atoms with E-state index in [1.807, 2.05) is 0 Å². The van der Waals surface area contributed by atoms with Crippen molar-refractivity contribution in [3.8, 4) is 0 Å². The Balaban J connectivity index is 2.06. The van der Waals surface area contributed by atoms with Crippen molar-refractivity contribution in [2.24, 2.45) is 11.7 Å². The summed E-state index contributed by atoms with van der Waals surface area (Å²) in [7, 11) is 0. The Labute approximate surface area is 79.8 Å². The molecule has 2 fully saturated rings. The molecule has 3 N–H and O–H groups in total. The fraction of sp³-hybridized carbons (Fsp3) is 0.900. The quantitative estimate of drug-likeness (QED) is 0.440. The molecule has 3 nitrogen and oxygen atoms in total. The number of hydrogen-bond acceptors (Lipinski definition) is 1. The van der Waals surface area contributed by atoms with Crippen LogP contribution in [0.2, 0.25) is 0 Å². The van der Waals surface area contributed by atoms with E-state index in [4.69, 9.17) is 11.1 Å². The average molecular weight is 181 g/mol. The molecule has 3 heteroatoms. The van der Waals surface area contributed by atoms with Gasteiger partial charge in [0.2, 0.25) is 0 Å². The zero-order valence-electron chi connectivity index (χ0n) is 8.13. The number of nitrogens with two attached hydrogens (primary N) is 1. The summed E-state index contributed by atoms with van der Waals surface area (Å²) in [4.78, 5) is 2.12. The van der Waals surface area contributed by atoms with Crippen LogP contribution in [0, 0.1) is 11.3 Å². The Kier molecular flexibility index (Phi) is 2.42. The maximum atomic E-state index is 7.52. The molecule has 1 heterocycles. The van der Waals surface area contributed by atoms with E-state index in [-0.39, 0.29) is 5.96 Å². The van der Waals surface area contributed by atoms with E-state index < -0.39 is 0 Å². The first-order valence-corrected chi connectivity index (χ1v) is 5.39. The van der Waals surface area contributed by atoms with E-state index in [0.717, 1.165) is 12.5 Å². The second kappa shape index (κ2) is 3.56. The van der Waals surface area contributed by atoms with Crippen LogP contribution in [0.4, 0.5) is 0 Å². The summed E-state index contributed by atoms with van der Waals surface area (Å²) in [5, 5.41) is 7.52. The third-order valence-corrected chi connectivity index (χ3v) is 3.55. The van der Waals surface area contributed by atoms with Crippen LogP contribution in [0.3, 0.4) is 0 Å². The van der Waals surface area contributed by atoms with Gasteiger partial charge in [0.1, 0.15) is 0 Å². The molecule has 2 atom stereocenters. The molecule has 13 heavy (non-hydrogen) atoms. The number of rotatable bonds is 0. The first-order valence-electron chi connectivity index (χ1n) is 5.39. The van der Waals surface area contributed by atoms with Gasteiger partial charge in [-0.3, -0.25) is 5.41 Å². The predicted octanol–water partition coefficient (Wildman–Crippen LogP) is 1.53. The molecule has 0 aromatic rings. The van der Waals surface area contributed by atoms with Gasteiger partial charge >= 0.3 is 0 Å². The maximum absolute atomic E-state index is 7.52. The normalized spacial score (nSPS) is 34.0. The summed E-state index contributed by atoms with van der Waals surface area (Å²) in [5.74, 6) is 1.11. The van der Waals surface area contributed by atoms with E-state index in [1.165, 1.54) is 38.5 Å². The van der Waals surface area contributed by atoms with Gasteiger partial charge in [-0.25, -0.2) is 0 Å². The van der Waals surface area contributed by atoms with Crippen LogP contribution >= 0.6 is 0 Å². The van der Waals surface area contributed by atoms with Gasteiger partial charge in [0.15, 0.2) is 5.96 Å². The SMILES string of the molecule is N=C(N)N1CCC[C@H]2CCCC[C@H]21. The lowest BCUT2D eigenvalue weighted by molar-refractivity contribution is 0.117. The van der Waals surface area contributed by atoms with Crippen LogP contribution in [0.15, 0.2) is 0 Å². The zero-order chi connectivity index (χ0) is 9.26. The van der Waals surface area contributed by atoms with Crippen LogP contribution in [0.1, 0.15) is 38.5 Å². The van der Waals surface area contributed by atoms with Gasteiger partial charge in [-0.15, -0.1) is 0 Å². The Bertz CT molecular complexity index is 200. The summed E-state index contributed by atoms with van der Waals surface area (Å²) in [5.41, 5.74) is 5.58. The molecule has 0 bridgehead atoms. The van der Waals surface area contributed by atoms with E-state index >= 15 is 0 Å². The fourth-order valence-corrected chi connectivity index (χ4v) is 2.92. The van der Waals surface area contributed by atoms with E-state index in [2.05, 4.69) is 4.90 Å². The molecule has 1 aliphatic carbocycles. The van der Waals surface area contributed by atoms with Crippen LogP contribution in [0.25, 0.3) is 0 Å². The highest BCUT2D eigenvalue weighted by molar-refractivity contribution is 5.75. The van der Waals surface area contributed by atoms with Crippen molar-refractivity contribution in [3.63, 3.8) is 0 Å². The van der Waals surface area contributed by atoms with Gasteiger partial charge in [0.05, 0.1) is 0 Å². The molecular formula is C10H19N3. The van der Waals surface area contributed by atoms with Gasteiger partial charge in [0.25, 0.3) is 0 Å². The highest BCUT2D eigenvalue weighted by atomic mass is 15.3. The van der Waals surface area contributed by atoms with Crippen molar-refractivity contribution in [2.75, 3.05) is 6.54 Å². The number of nitrogens with one attached hydrogen (secondary N) is 1. The van der Waals surface area contributed by atoms with Gasteiger partial charge in [0, 0.05) is 12.6 Å². The summed E-state index contributed by atoms with van der Waals surface area (Å²) >= 11 is 0. The molecule has 1 saturated carbocycles. The molecular weight excluding hydrogens is 162 g/mol. The smallest absolute Gasteiger partial charge is 0.188 e. The first kappa shape index (κ1) is 8.85. The molecule has 74 valence electrons. The number of guanidine groups is 1. The Morgan fingerprint density at radius 3 is 2.62 bits per heavy atom. The van der Waals surface area contributed by atoms with Crippen molar-refractivity contribution in [2.45, 2.75) is 44.6 Å². The molecule has 0 aromatic heterocycles. The highest BCUT2D eigenvalue weighted by Crippen LogP contribution is 2.34. The number of piperidine rings is 1. The van der Waals surface area contributed by atoms with Gasteiger partial charge in [-0.2, -0.15) is 0 Å². The molecule has 1 aliphatic heterocycles. The summed E-state index contributed by atoms with van der Waals surface area (Å²) < 4.78 is 0. The largest absolute Gasteiger partial charge is 0.370 e. The molecule has 0 amide bonds. The van der Waals surface area contributed by atoms with Crippen LogP contribution in [-0.4, -0.2) is 23.4 Å². The van der Waals surface area contributed by atoms with Gasteiger partial charge < -0.3 is 10.6 Å². The predicted molar refractivity (Wildman–Crippen MR) is 53.6 cm³/mol. The van der Waals surface area contributed by atoms with E-state index in [0.29, 0.717) is 6.04 Å². The van der Waals surface area contributed by atoms with Crippen LogP contribution in [0.5, 0.6) is 0 Å². The van der Waals surface area contributed by atoms with E-state index in [1.54, 1.807) is 0 Å². The second-order valence-electron chi connectivity index (χ2n) is 4.33. The molecule has 0 spiro atoms. The van der Waals surface area contributed by atoms with Crippen LogP contribution in [-0.2, 0) is 0 Å². The number of nitrogens with zero attached hydrogens (tertiary/aromatic N) is 1. The molecule has 0 aromatic carbocycles.